The molecule has 0 saturated carbocycles. The summed E-state index contributed by atoms with van der Waals surface area (Å²) in [4.78, 5) is 4.24. The van der Waals surface area contributed by atoms with E-state index < -0.39 is 0 Å². The van der Waals surface area contributed by atoms with Crippen LogP contribution in [0.4, 0.5) is 0 Å². The predicted octanol–water partition coefficient (Wildman–Crippen LogP) is 4.11. The molecule has 19 heavy (non-hydrogen) atoms. The average molecular weight is 319 g/mol. The van der Waals surface area contributed by atoms with Crippen LogP contribution in [-0.4, -0.2) is 12.0 Å². The highest BCUT2D eigenvalue weighted by molar-refractivity contribution is 9.10. The van der Waals surface area contributed by atoms with Gasteiger partial charge in [0.1, 0.15) is 0 Å². The Kier molecular flexibility index (Phi) is 5.11. The number of halogens is 1. The lowest BCUT2D eigenvalue weighted by Gasteiger charge is -2.17. The van der Waals surface area contributed by atoms with Crippen molar-refractivity contribution < 1.29 is 0 Å². The molecule has 1 atom stereocenters. The summed E-state index contributed by atoms with van der Waals surface area (Å²) in [5.74, 6) is 0. The van der Waals surface area contributed by atoms with Crippen molar-refractivity contribution in [1.29, 1.82) is 0 Å². The second-order valence-electron chi connectivity index (χ2n) is 4.65. The number of benzene rings is 1. The van der Waals surface area contributed by atoms with Crippen LogP contribution in [0.15, 0.2) is 47.2 Å². The van der Waals surface area contributed by atoms with E-state index in [-0.39, 0.29) is 6.04 Å². The van der Waals surface area contributed by atoms with Crippen LogP contribution in [0.2, 0.25) is 0 Å². The van der Waals surface area contributed by atoms with E-state index in [1.807, 2.05) is 13.2 Å². The van der Waals surface area contributed by atoms with E-state index in [1.54, 1.807) is 6.20 Å². The summed E-state index contributed by atoms with van der Waals surface area (Å²) >= 11 is 3.47. The van der Waals surface area contributed by atoms with Gasteiger partial charge in [-0.3, -0.25) is 4.98 Å². The standard InChI is InChI=1S/C16H19BrN2/c1-3-4-12-5-7-13(8-6-12)16(18-2)14-9-15(17)11-19-10-14/h5-11,16,18H,3-4H2,1-2H3. The summed E-state index contributed by atoms with van der Waals surface area (Å²) in [6, 6.07) is 11.1. The van der Waals surface area contributed by atoms with Crippen molar-refractivity contribution in [1.82, 2.24) is 10.3 Å². The molecule has 0 fully saturated rings. The van der Waals surface area contributed by atoms with E-state index in [1.165, 1.54) is 23.1 Å². The van der Waals surface area contributed by atoms with Gasteiger partial charge in [-0.25, -0.2) is 0 Å². The molecular formula is C16H19BrN2. The van der Waals surface area contributed by atoms with Gasteiger partial charge < -0.3 is 5.32 Å². The summed E-state index contributed by atoms with van der Waals surface area (Å²) < 4.78 is 1.01. The van der Waals surface area contributed by atoms with E-state index in [0.717, 1.165) is 10.9 Å². The van der Waals surface area contributed by atoms with Crippen molar-refractivity contribution >= 4 is 15.9 Å². The quantitative estimate of drug-likeness (QED) is 0.897. The SMILES string of the molecule is CCCc1ccc(C(NC)c2cncc(Br)c2)cc1. The Balaban J connectivity index is 2.26. The Bertz CT molecular complexity index is 523. The summed E-state index contributed by atoms with van der Waals surface area (Å²) in [6.45, 7) is 2.21. The minimum Gasteiger partial charge on any atom is -0.309 e. The largest absolute Gasteiger partial charge is 0.309 e. The van der Waals surface area contributed by atoms with Gasteiger partial charge in [-0.05, 0) is 52.2 Å². The van der Waals surface area contributed by atoms with Crippen molar-refractivity contribution in [2.75, 3.05) is 7.05 Å². The van der Waals surface area contributed by atoms with Gasteiger partial charge in [-0.2, -0.15) is 0 Å². The highest BCUT2D eigenvalue weighted by Gasteiger charge is 2.12. The van der Waals surface area contributed by atoms with Gasteiger partial charge in [0, 0.05) is 16.9 Å². The maximum Gasteiger partial charge on any atom is 0.0589 e. The van der Waals surface area contributed by atoms with Crippen LogP contribution in [-0.2, 0) is 6.42 Å². The third kappa shape index (κ3) is 3.64. The Morgan fingerprint density at radius 1 is 1.16 bits per heavy atom. The highest BCUT2D eigenvalue weighted by Crippen LogP contribution is 2.23. The summed E-state index contributed by atoms with van der Waals surface area (Å²) in [5.41, 5.74) is 3.83. The van der Waals surface area contributed by atoms with Crippen molar-refractivity contribution in [2.45, 2.75) is 25.8 Å². The fourth-order valence-electron chi connectivity index (χ4n) is 2.28. The van der Waals surface area contributed by atoms with Crippen molar-refractivity contribution in [3.63, 3.8) is 0 Å². The average Bonchev–Trinajstić information content (AvgIpc) is 2.42. The van der Waals surface area contributed by atoms with E-state index in [2.05, 4.69) is 63.5 Å². The van der Waals surface area contributed by atoms with E-state index in [0.29, 0.717) is 0 Å². The molecule has 0 aliphatic rings. The van der Waals surface area contributed by atoms with Gasteiger partial charge in [-0.1, -0.05) is 37.6 Å². The van der Waals surface area contributed by atoms with Gasteiger partial charge >= 0.3 is 0 Å². The van der Waals surface area contributed by atoms with E-state index >= 15 is 0 Å². The predicted molar refractivity (Wildman–Crippen MR) is 83.3 cm³/mol. The first-order valence-corrected chi connectivity index (χ1v) is 7.40. The van der Waals surface area contributed by atoms with Crippen LogP contribution in [0.25, 0.3) is 0 Å². The molecule has 1 unspecified atom stereocenters. The monoisotopic (exact) mass is 318 g/mol. The molecule has 2 aromatic rings. The number of aromatic nitrogens is 1. The first kappa shape index (κ1) is 14.2. The lowest BCUT2D eigenvalue weighted by atomic mass is 9.98. The molecule has 2 rings (SSSR count). The van der Waals surface area contributed by atoms with Gasteiger partial charge in [0.25, 0.3) is 0 Å². The molecule has 0 saturated heterocycles. The van der Waals surface area contributed by atoms with Crippen LogP contribution in [0.3, 0.4) is 0 Å². The first-order valence-electron chi connectivity index (χ1n) is 6.61. The van der Waals surface area contributed by atoms with Crippen LogP contribution >= 0.6 is 15.9 Å². The smallest absolute Gasteiger partial charge is 0.0589 e. The molecule has 3 heteroatoms. The first-order chi connectivity index (χ1) is 9.24. The zero-order valence-electron chi connectivity index (χ0n) is 11.4. The second kappa shape index (κ2) is 6.83. The molecule has 1 heterocycles. The molecule has 0 spiro atoms. The zero-order valence-corrected chi connectivity index (χ0v) is 12.9. The summed E-state index contributed by atoms with van der Waals surface area (Å²) in [6.07, 6.45) is 6.04. The highest BCUT2D eigenvalue weighted by atomic mass is 79.9. The maximum absolute atomic E-state index is 4.24. The van der Waals surface area contributed by atoms with Crippen molar-refractivity contribution in [3.8, 4) is 0 Å². The topological polar surface area (TPSA) is 24.9 Å². The normalized spacial score (nSPS) is 12.4. The van der Waals surface area contributed by atoms with Crippen LogP contribution in [0.5, 0.6) is 0 Å². The van der Waals surface area contributed by atoms with Crippen LogP contribution in [0, 0.1) is 0 Å². The zero-order chi connectivity index (χ0) is 13.7. The van der Waals surface area contributed by atoms with Crippen LogP contribution < -0.4 is 5.32 Å². The number of aryl methyl sites for hydroxylation is 1. The fourth-order valence-corrected chi connectivity index (χ4v) is 2.66. The molecule has 0 bridgehead atoms. The van der Waals surface area contributed by atoms with Crippen molar-refractivity contribution in [2.24, 2.45) is 0 Å². The number of hydrogen-bond acceptors (Lipinski definition) is 2. The maximum atomic E-state index is 4.24. The number of rotatable bonds is 5. The minimum atomic E-state index is 0.181. The third-order valence-electron chi connectivity index (χ3n) is 3.20. The number of nitrogens with zero attached hydrogens (tertiary/aromatic N) is 1. The molecular weight excluding hydrogens is 300 g/mol. The molecule has 0 aliphatic carbocycles. The van der Waals surface area contributed by atoms with Gasteiger partial charge in [0.15, 0.2) is 0 Å². The Morgan fingerprint density at radius 2 is 1.89 bits per heavy atom. The molecule has 1 aromatic heterocycles. The third-order valence-corrected chi connectivity index (χ3v) is 3.63. The minimum absolute atomic E-state index is 0.181. The molecule has 0 amide bonds. The second-order valence-corrected chi connectivity index (χ2v) is 5.57. The molecule has 100 valence electrons. The lowest BCUT2D eigenvalue weighted by Crippen LogP contribution is -2.17. The number of hydrogen-bond donors (Lipinski definition) is 1. The van der Waals surface area contributed by atoms with E-state index in [4.69, 9.17) is 0 Å². The number of nitrogens with one attached hydrogen (secondary N) is 1. The van der Waals surface area contributed by atoms with Gasteiger partial charge in [0.05, 0.1) is 6.04 Å². The van der Waals surface area contributed by atoms with Crippen LogP contribution in [0.1, 0.15) is 36.1 Å². The Labute approximate surface area is 123 Å². The van der Waals surface area contributed by atoms with Gasteiger partial charge in [-0.15, -0.1) is 0 Å². The Morgan fingerprint density at radius 3 is 2.47 bits per heavy atom. The van der Waals surface area contributed by atoms with Crippen molar-refractivity contribution in [3.05, 3.63) is 63.9 Å². The number of pyridine rings is 1. The summed E-state index contributed by atoms with van der Waals surface area (Å²) in [7, 11) is 1.98. The molecule has 1 N–H and O–H groups in total. The fraction of sp³-hybridized carbons (Fsp3) is 0.312. The molecule has 0 aliphatic heterocycles. The lowest BCUT2D eigenvalue weighted by molar-refractivity contribution is 0.687. The summed E-state index contributed by atoms with van der Waals surface area (Å²) in [5, 5.41) is 3.35. The van der Waals surface area contributed by atoms with E-state index in [9.17, 15) is 0 Å². The Hall–Kier alpha value is -1.19. The molecule has 0 radical (unpaired) electrons. The molecule has 2 nitrogen and oxygen atoms in total. The van der Waals surface area contributed by atoms with Gasteiger partial charge in [0.2, 0.25) is 0 Å². The molecule has 1 aromatic carbocycles.